The van der Waals surface area contributed by atoms with Gasteiger partial charge in [-0.3, -0.25) is 4.99 Å². The van der Waals surface area contributed by atoms with Crippen LogP contribution in [0.3, 0.4) is 0 Å². The van der Waals surface area contributed by atoms with E-state index in [1.807, 2.05) is 6.92 Å². The summed E-state index contributed by atoms with van der Waals surface area (Å²) in [5.41, 5.74) is 0. The minimum absolute atomic E-state index is 0. The third-order valence-electron chi connectivity index (χ3n) is 5.26. The Balaban J connectivity index is 0.00000364. The van der Waals surface area contributed by atoms with Crippen LogP contribution < -0.4 is 15.4 Å². The Kier molecular flexibility index (Phi) is 12.1. The van der Waals surface area contributed by atoms with Crippen molar-refractivity contribution in [1.29, 1.82) is 0 Å². The molecular formula is C18H38IN5O2S. The minimum Gasteiger partial charge on any atom is -0.357 e. The first kappa shape index (κ1) is 24.9. The highest BCUT2D eigenvalue weighted by atomic mass is 127. The topological polar surface area (TPSA) is 85.8 Å². The molecule has 0 bridgehead atoms. The second-order valence-electron chi connectivity index (χ2n) is 7.49. The number of halogens is 1. The van der Waals surface area contributed by atoms with Gasteiger partial charge in [0, 0.05) is 32.2 Å². The maximum atomic E-state index is 12.1. The van der Waals surface area contributed by atoms with Crippen molar-refractivity contribution in [3.63, 3.8) is 0 Å². The predicted molar refractivity (Wildman–Crippen MR) is 123 cm³/mol. The molecule has 1 aliphatic carbocycles. The highest BCUT2D eigenvalue weighted by molar-refractivity contribution is 14.0. The molecule has 0 aromatic carbocycles. The Bertz CT molecular complexity index is 532. The van der Waals surface area contributed by atoms with Crippen LogP contribution in [0.15, 0.2) is 4.99 Å². The number of piperidine rings is 1. The molecule has 1 saturated heterocycles. The molecule has 0 radical (unpaired) electrons. The van der Waals surface area contributed by atoms with Crippen LogP contribution in [0, 0.1) is 5.92 Å². The van der Waals surface area contributed by atoms with Gasteiger partial charge in [-0.15, -0.1) is 24.0 Å². The molecule has 0 amide bonds. The molecule has 2 rings (SSSR count). The van der Waals surface area contributed by atoms with Crippen molar-refractivity contribution in [3.05, 3.63) is 0 Å². The summed E-state index contributed by atoms with van der Waals surface area (Å²) in [7, 11) is -3.23. The number of nitrogens with one attached hydrogen (secondary N) is 3. The van der Waals surface area contributed by atoms with Crippen LogP contribution in [0.1, 0.15) is 52.4 Å². The summed E-state index contributed by atoms with van der Waals surface area (Å²) in [4.78, 5) is 6.97. The van der Waals surface area contributed by atoms with Gasteiger partial charge >= 0.3 is 0 Å². The average molecular weight is 516 g/mol. The number of hydrogen-bond acceptors (Lipinski definition) is 4. The lowest BCUT2D eigenvalue weighted by molar-refractivity contribution is 0.206. The van der Waals surface area contributed by atoms with Gasteiger partial charge in [-0.1, -0.05) is 13.3 Å². The van der Waals surface area contributed by atoms with E-state index in [1.54, 1.807) is 0 Å². The van der Waals surface area contributed by atoms with E-state index in [-0.39, 0.29) is 36.3 Å². The maximum absolute atomic E-state index is 12.1. The molecule has 1 heterocycles. The third kappa shape index (κ3) is 9.76. The molecule has 7 nitrogen and oxygen atoms in total. The number of sulfonamides is 1. The molecule has 0 spiro atoms. The van der Waals surface area contributed by atoms with Crippen molar-refractivity contribution in [2.75, 3.05) is 45.0 Å². The molecule has 27 heavy (non-hydrogen) atoms. The summed E-state index contributed by atoms with van der Waals surface area (Å²) in [6.07, 6.45) is 6.92. The molecule has 0 unspecified atom stereocenters. The van der Waals surface area contributed by atoms with Gasteiger partial charge in [-0.05, 0) is 51.5 Å². The second kappa shape index (κ2) is 13.2. The molecule has 1 saturated carbocycles. The molecule has 0 aromatic heterocycles. The lowest BCUT2D eigenvalue weighted by Gasteiger charge is -2.32. The summed E-state index contributed by atoms with van der Waals surface area (Å²) in [5, 5.41) is 6.70. The molecule has 1 aliphatic heterocycles. The fourth-order valence-corrected chi connectivity index (χ4v) is 4.39. The molecule has 0 aromatic rings. The Morgan fingerprint density at radius 2 is 1.85 bits per heavy atom. The van der Waals surface area contributed by atoms with E-state index in [0.717, 1.165) is 51.3 Å². The van der Waals surface area contributed by atoms with Crippen LogP contribution in [-0.4, -0.2) is 70.3 Å². The lowest BCUT2D eigenvalue weighted by atomic mass is 9.86. The van der Waals surface area contributed by atoms with E-state index in [4.69, 9.17) is 0 Å². The van der Waals surface area contributed by atoms with Crippen LogP contribution >= 0.6 is 24.0 Å². The number of guanidine groups is 1. The number of aliphatic imine (C=N–C) groups is 1. The summed E-state index contributed by atoms with van der Waals surface area (Å²) in [5.74, 6) is 1.31. The fourth-order valence-electron chi connectivity index (χ4n) is 3.42. The maximum Gasteiger partial charge on any atom is 0.213 e. The molecular weight excluding hydrogens is 477 g/mol. The number of hydrogen-bond donors (Lipinski definition) is 3. The van der Waals surface area contributed by atoms with Gasteiger partial charge in [-0.2, -0.15) is 0 Å². The third-order valence-corrected chi connectivity index (χ3v) is 6.59. The van der Waals surface area contributed by atoms with Gasteiger partial charge in [0.1, 0.15) is 0 Å². The highest BCUT2D eigenvalue weighted by Gasteiger charge is 2.21. The average Bonchev–Trinajstić information content (AvgIpc) is 2.55. The summed E-state index contributed by atoms with van der Waals surface area (Å²) >= 11 is 0. The van der Waals surface area contributed by atoms with Gasteiger partial charge < -0.3 is 15.5 Å². The van der Waals surface area contributed by atoms with E-state index < -0.39 is 10.0 Å². The van der Waals surface area contributed by atoms with E-state index >= 15 is 0 Å². The van der Waals surface area contributed by atoms with E-state index in [9.17, 15) is 8.42 Å². The van der Waals surface area contributed by atoms with Gasteiger partial charge in [0.25, 0.3) is 0 Å². The van der Waals surface area contributed by atoms with Crippen molar-refractivity contribution in [1.82, 2.24) is 20.3 Å². The standard InChI is InChI=1S/C18H37N5O2S.HI/c1-3-11-23-12-8-17(9-13-23)22-18(19-4-2)20-10-14-26(24,25)21-15-16-6-5-7-16;/h16-17,21H,3-15H2,1-2H3,(H2,19,20,22);1H. The van der Waals surface area contributed by atoms with Crippen molar-refractivity contribution in [2.45, 2.75) is 58.4 Å². The van der Waals surface area contributed by atoms with Crippen LogP contribution in [0.25, 0.3) is 0 Å². The molecule has 3 N–H and O–H groups in total. The van der Waals surface area contributed by atoms with Gasteiger partial charge in [0.05, 0.1) is 12.3 Å². The Hall–Kier alpha value is -0.130. The molecule has 2 aliphatic rings. The number of rotatable bonds is 10. The largest absolute Gasteiger partial charge is 0.357 e. The predicted octanol–water partition coefficient (Wildman–Crippen LogP) is 1.75. The van der Waals surface area contributed by atoms with Crippen LogP contribution in [0.2, 0.25) is 0 Å². The first-order chi connectivity index (χ1) is 12.5. The van der Waals surface area contributed by atoms with Gasteiger partial charge in [0.2, 0.25) is 10.0 Å². The molecule has 160 valence electrons. The first-order valence-electron chi connectivity index (χ1n) is 10.3. The van der Waals surface area contributed by atoms with Crippen molar-refractivity contribution < 1.29 is 8.42 Å². The summed E-state index contributed by atoms with van der Waals surface area (Å²) < 4.78 is 26.9. The van der Waals surface area contributed by atoms with Gasteiger partial charge in [0.15, 0.2) is 5.96 Å². The Labute approximate surface area is 182 Å². The SMILES string of the molecule is CCCN1CCC(NC(=NCCS(=O)(=O)NCC2CCC2)NCC)CC1.I. The summed E-state index contributed by atoms with van der Waals surface area (Å²) in [6.45, 7) is 9.28. The molecule has 2 fully saturated rings. The van der Waals surface area contributed by atoms with Crippen molar-refractivity contribution in [2.24, 2.45) is 10.9 Å². The first-order valence-corrected chi connectivity index (χ1v) is 11.9. The summed E-state index contributed by atoms with van der Waals surface area (Å²) in [6, 6.07) is 0.411. The second-order valence-corrected chi connectivity index (χ2v) is 9.41. The Morgan fingerprint density at radius 3 is 2.41 bits per heavy atom. The van der Waals surface area contributed by atoms with Crippen molar-refractivity contribution >= 4 is 40.0 Å². The highest BCUT2D eigenvalue weighted by Crippen LogP contribution is 2.25. The monoisotopic (exact) mass is 515 g/mol. The lowest BCUT2D eigenvalue weighted by Crippen LogP contribution is -2.49. The van der Waals surface area contributed by atoms with E-state index in [0.29, 0.717) is 18.5 Å². The van der Waals surface area contributed by atoms with Crippen LogP contribution in [-0.2, 0) is 10.0 Å². The number of nitrogens with zero attached hydrogens (tertiary/aromatic N) is 2. The van der Waals surface area contributed by atoms with E-state index in [2.05, 4.69) is 32.2 Å². The van der Waals surface area contributed by atoms with Gasteiger partial charge in [-0.25, -0.2) is 13.1 Å². The minimum atomic E-state index is -3.23. The zero-order chi connectivity index (χ0) is 18.8. The zero-order valence-corrected chi connectivity index (χ0v) is 20.0. The van der Waals surface area contributed by atoms with E-state index in [1.165, 1.54) is 19.4 Å². The fraction of sp³-hybridized carbons (Fsp3) is 0.944. The Morgan fingerprint density at radius 1 is 1.15 bits per heavy atom. The quantitative estimate of drug-likeness (QED) is 0.235. The smallest absolute Gasteiger partial charge is 0.213 e. The molecule has 0 atom stereocenters. The van der Waals surface area contributed by atoms with Crippen LogP contribution in [0.4, 0.5) is 0 Å². The normalized spacial score (nSPS) is 20.0. The number of likely N-dealkylation sites (tertiary alicyclic amines) is 1. The van der Waals surface area contributed by atoms with Crippen molar-refractivity contribution in [3.8, 4) is 0 Å². The molecule has 9 heteroatoms. The van der Waals surface area contributed by atoms with Crippen LogP contribution in [0.5, 0.6) is 0 Å². The zero-order valence-electron chi connectivity index (χ0n) is 16.9.